The highest BCUT2D eigenvalue weighted by molar-refractivity contribution is 7.89. The van der Waals surface area contributed by atoms with Crippen molar-refractivity contribution in [2.75, 3.05) is 13.6 Å². The Bertz CT molecular complexity index is 612. The average Bonchev–Trinajstić information content (AvgIpc) is 3.23. The molecule has 0 heterocycles. The van der Waals surface area contributed by atoms with Crippen LogP contribution in [0.2, 0.25) is 0 Å². The molecule has 116 valence electrons. The molecular weight excluding hydrogens is 295 g/mol. The van der Waals surface area contributed by atoms with E-state index in [1.54, 1.807) is 0 Å². The lowest BCUT2D eigenvalue weighted by Crippen LogP contribution is -2.42. The van der Waals surface area contributed by atoms with Crippen molar-refractivity contribution in [3.63, 3.8) is 0 Å². The summed E-state index contributed by atoms with van der Waals surface area (Å²) in [4.78, 5) is 11.8. The summed E-state index contributed by atoms with van der Waals surface area (Å²) < 4.78 is 38.3. The van der Waals surface area contributed by atoms with Gasteiger partial charge in [-0.15, -0.1) is 0 Å². The van der Waals surface area contributed by atoms with Crippen molar-refractivity contribution in [2.45, 2.75) is 30.7 Å². The second-order valence-corrected chi connectivity index (χ2v) is 7.45. The first-order valence-electron chi connectivity index (χ1n) is 6.82. The zero-order valence-electron chi connectivity index (χ0n) is 12.0. The van der Waals surface area contributed by atoms with E-state index >= 15 is 0 Å². The molecule has 0 radical (unpaired) electrons. The van der Waals surface area contributed by atoms with Crippen LogP contribution in [-0.4, -0.2) is 38.3 Å². The number of sulfonamides is 1. The van der Waals surface area contributed by atoms with E-state index in [-0.39, 0.29) is 23.4 Å². The lowest BCUT2D eigenvalue weighted by molar-refractivity contribution is -0.121. The predicted octanol–water partition coefficient (Wildman–Crippen LogP) is 1.36. The summed E-state index contributed by atoms with van der Waals surface area (Å²) in [5.41, 5.74) is 0. The number of rotatable bonds is 6. The fourth-order valence-corrected chi connectivity index (χ4v) is 3.21. The Balaban J connectivity index is 1.99. The van der Waals surface area contributed by atoms with E-state index in [9.17, 15) is 17.6 Å². The Kier molecular flexibility index (Phi) is 4.63. The molecule has 0 spiro atoms. The van der Waals surface area contributed by atoms with Crippen molar-refractivity contribution >= 4 is 15.9 Å². The van der Waals surface area contributed by atoms with Crippen LogP contribution in [-0.2, 0) is 14.8 Å². The lowest BCUT2D eigenvalue weighted by atomic mass is 10.2. The molecule has 0 aliphatic heterocycles. The number of nitrogens with one attached hydrogen (secondary N) is 1. The van der Waals surface area contributed by atoms with Crippen LogP contribution in [0.15, 0.2) is 29.2 Å². The SMILES string of the molecule is CC(NC(=O)CN(C)S(=O)(=O)c1ccc(F)cc1)C1CC1. The van der Waals surface area contributed by atoms with Crippen molar-refractivity contribution in [2.24, 2.45) is 5.92 Å². The minimum Gasteiger partial charge on any atom is -0.352 e. The third-order valence-corrected chi connectivity index (χ3v) is 5.42. The van der Waals surface area contributed by atoms with E-state index in [0.717, 1.165) is 29.3 Å². The third kappa shape index (κ3) is 4.01. The molecule has 1 N–H and O–H groups in total. The molecule has 7 heteroatoms. The van der Waals surface area contributed by atoms with E-state index in [1.807, 2.05) is 6.92 Å². The zero-order chi connectivity index (χ0) is 15.6. The highest BCUT2D eigenvalue weighted by Crippen LogP contribution is 2.32. The monoisotopic (exact) mass is 314 g/mol. The van der Waals surface area contributed by atoms with Gasteiger partial charge in [0, 0.05) is 13.1 Å². The van der Waals surface area contributed by atoms with Crippen LogP contribution < -0.4 is 5.32 Å². The molecule has 5 nitrogen and oxygen atoms in total. The fraction of sp³-hybridized carbons (Fsp3) is 0.500. The van der Waals surface area contributed by atoms with Gasteiger partial charge in [0.05, 0.1) is 11.4 Å². The maximum atomic E-state index is 12.8. The van der Waals surface area contributed by atoms with Gasteiger partial charge >= 0.3 is 0 Å². The molecule has 1 aromatic carbocycles. The smallest absolute Gasteiger partial charge is 0.243 e. The van der Waals surface area contributed by atoms with Crippen LogP contribution >= 0.6 is 0 Å². The first kappa shape index (κ1) is 15.9. The number of halogens is 1. The average molecular weight is 314 g/mol. The summed E-state index contributed by atoms with van der Waals surface area (Å²) in [6, 6.07) is 4.60. The van der Waals surface area contributed by atoms with Crippen molar-refractivity contribution in [1.29, 1.82) is 0 Å². The predicted molar refractivity (Wildman–Crippen MR) is 76.5 cm³/mol. The summed E-state index contributed by atoms with van der Waals surface area (Å²) in [7, 11) is -2.45. The quantitative estimate of drug-likeness (QED) is 0.862. The van der Waals surface area contributed by atoms with Gasteiger partial charge in [0.2, 0.25) is 15.9 Å². The molecule has 1 amide bonds. The van der Waals surface area contributed by atoms with Gasteiger partial charge in [0.25, 0.3) is 0 Å². The molecule has 21 heavy (non-hydrogen) atoms. The topological polar surface area (TPSA) is 66.5 Å². The molecule has 0 aromatic heterocycles. The summed E-state index contributed by atoms with van der Waals surface area (Å²) >= 11 is 0. The molecule has 1 unspecified atom stereocenters. The van der Waals surface area contributed by atoms with Crippen molar-refractivity contribution in [3.8, 4) is 0 Å². The molecule has 1 fully saturated rings. The van der Waals surface area contributed by atoms with Crippen LogP contribution in [0, 0.1) is 11.7 Å². The highest BCUT2D eigenvalue weighted by Gasteiger charge is 2.30. The summed E-state index contributed by atoms with van der Waals surface area (Å²) in [5.74, 6) is -0.330. The largest absolute Gasteiger partial charge is 0.352 e. The van der Waals surface area contributed by atoms with E-state index < -0.39 is 15.8 Å². The first-order chi connectivity index (χ1) is 9.80. The van der Waals surface area contributed by atoms with Gasteiger partial charge in [-0.2, -0.15) is 4.31 Å². The fourth-order valence-electron chi connectivity index (χ4n) is 2.09. The molecule has 1 aromatic rings. The van der Waals surface area contributed by atoms with E-state index in [1.165, 1.54) is 19.2 Å². The Morgan fingerprint density at radius 2 is 1.95 bits per heavy atom. The number of benzene rings is 1. The maximum absolute atomic E-state index is 12.8. The normalized spacial score (nSPS) is 16.8. The maximum Gasteiger partial charge on any atom is 0.243 e. The summed E-state index contributed by atoms with van der Waals surface area (Å²) in [5, 5.41) is 2.80. The molecule has 0 bridgehead atoms. The van der Waals surface area contributed by atoms with Gasteiger partial charge in [0.15, 0.2) is 0 Å². The van der Waals surface area contributed by atoms with Crippen LogP contribution in [0.3, 0.4) is 0 Å². The van der Waals surface area contributed by atoms with Crippen LogP contribution in [0.5, 0.6) is 0 Å². The molecular formula is C14H19FN2O3S. The van der Waals surface area contributed by atoms with Crippen LogP contribution in [0.4, 0.5) is 4.39 Å². The zero-order valence-corrected chi connectivity index (χ0v) is 12.9. The van der Waals surface area contributed by atoms with Crippen molar-refractivity contribution < 1.29 is 17.6 Å². The highest BCUT2D eigenvalue weighted by atomic mass is 32.2. The molecule has 1 saturated carbocycles. The van der Waals surface area contributed by atoms with E-state index in [2.05, 4.69) is 5.32 Å². The minimum atomic E-state index is -3.79. The Labute approximate surface area is 124 Å². The van der Waals surface area contributed by atoms with Gasteiger partial charge in [-0.3, -0.25) is 4.79 Å². The number of hydrogen-bond acceptors (Lipinski definition) is 3. The van der Waals surface area contributed by atoms with E-state index in [4.69, 9.17) is 0 Å². The molecule has 1 aliphatic carbocycles. The molecule has 2 rings (SSSR count). The standard InChI is InChI=1S/C14H19FN2O3S/c1-10(11-3-4-11)16-14(18)9-17(2)21(19,20)13-7-5-12(15)6-8-13/h5-8,10-11H,3-4,9H2,1-2H3,(H,16,18). The van der Waals surface area contributed by atoms with Crippen LogP contribution in [0.1, 0.15) is 19.8 Å². The second kappa shape index (κ2) is 6.11. The van der Waals surface area contributed by atoms with Gasteiger partial charge in [-0.05, 0) is 49.9 Å². The molecule has 1 atom stereocenters. The first-order valence-corrected chi connectivity index (χ1v) is 8.26. The summed E-state index contributed by atoms with van der Waals surface area (Å²) in [6.45, 7) is 1.67. The van der Waals surface area contributed by atoms with Gasteiger partial charge in [-0.1, -0.05) is 0 Å². The van der Waals surface area contributed by atoms with Gasteiger partial charge in [0.1, 0.15) is 5.82 Å². The number of carbonyl (C=O) groups excluding carboxylic acids is 1. The van der Waals surface area contributed by atoms with Crippen molar-refractivity contribution in [1.82, 2.24) is 9.62 Å². The minimum absolute atomic E-state index is 0.0329. The second-order valence-electron chi connectivity index (χ2n) is 5.41. The Morgan fingerprint density at radius 3 is 2.48 bits per heavy atom. The van der Waals surface area contributed by atoms with E-state index in [0.29, 0.717) is 5.92 Å². The Morgan fingerprint density at radius 1 is 1.38 bits per heavy atom. The molecule has 0 saturated heterocycles. The number of amides is 1. The Hall–Kier alpha value is -1.47. The number of nitrogens with zero attached hydrogens (tertiary/aromatic N) is 1. The van der Waals surface area contributed by atoms with Crippen LogP contribution in [0.25, 0.3) is 0 Å². The third-order valence-electron chi connectivity index (χ3n) is 3.61. The van der Waals surface area contributed by atoms with Gasteiger partial charge in [-0.25, -0.2) is 12.8 Å². The lowest BCUT2D eigenvalue weighted by Gasteiger charge is -2.19. The molecule has 1 aliphatic rings. The number of carbonyl (C=O) groups is 1. The van der Waals surface area contributed by atoms with Crippen molar-refractivity contribution in [3.05, 3.63) is 30.1 Å². The van der Waals surface area contributed by atoms with Gasteiger partial charge < -0.3 is 5.32 Å². The summed E-state index contributed by atoms with van der Waals surface area (Å²) in [6.07, 6.45) is 2.20. The number of likely N-dealkylation sites (N-methyl/N-ethyl adjacent to an activating group) is 1. The number of hydrogen-bond donors (Lipinski definition) is 1.